The Morgan fingerprint density at radius 3 is 2.65 bits per heavy atom. The van der Waals surface area contributed by atoms with Crippen molar-refractivity contribution in [3.63, 3.8) is 0 Å². The number of aromatic nitrogens is 1. The first kappa shape index (κ1) is 14.3. The number of fused-ring (bicyclic) bond motifs is 1. The number of hydrogen-bond donors (Lipinski definition) is 0. The maximum Gasteiger partial charge on any atom is 0.246 e. The second-order valence-electron chi connectivity index (χ2n) is 4.71. The van der Waals surface area contributed by atoms with Crippen molar-refractivity contribution in [1.82, 2.24) is 9.29 Å². The van der Waals surface area contributed by atoms with Crippen LogP contribution in [0.3, 0.4) is 0 Å². The zero-order valence-electron chi connectivity index (χ0n) is 10.5. The van der Waals surface area contributed by atoms with Gasteiger partial charge in [-0.05, 0) is 25.0 Å². The molecule has 1 aliphatic rings. The Balaban J connectivity index is 2.17. The molecule has 1 aromatic carbocycles. The van der Waals surface area contributed by atoms with Crippen LogP contribution in [0.15, 0.2) is 33.8 Å². The lowest BCUT2D eigenvalue weighted by atomic mass is 10.2. The Morgan fingerprint density at radius 1 is 1.25 bits per heavy atom. The van der Waals surface area contributed by atoms with Crippen LogP contribution in [0.4, 0.5) is 0 Å². The number of hydrogen-bond acceptors (Lipinski definition) is 3. The summed E-state index contributed by atoms with van der Waals surface area (Å²) in [5.41, 5.74) is 0.671. The first-order valence-electron chi connectivity index (χ1n) is 6.24. The third-order valence-electron chi connectivity index (χ3n) is 3.42. The first-order chi connectivity index (χ1) is 9.50. The SMILES string of the molecule is O=S(=O)(c1cnc2cc(Br)ccc2c1Cl)N1CCCC1. The molecule has 1 aromatic heterocycles. The molecule has 7 heteroatoms. The third kappa shape index (κ3) is 2.35. The highest BCUT2D eigenvalue weighted by Crippen LogP contribution is 2.32. The van der Waals surface area contributed by atoms with Gasteiger partial charge in [0.25, 0.3) is 0 Å². The minimum absolute atomic E-state index is 0.0934. The molecule has 0 aliphatic carbocycles. The summed E-state index contributed by atoms with van der Waals surface area (Å²) in [6, 6.07) is 5.41. The molecule has 106 valence electrons. The van der Waals surface area contributed by atoms with Crippen molar-refractivity contribution in [1.29, 1.82) is 0 Å². The van der Waals surface area contributed by atoms with Crippen LogP contribution in [0.2, 0.25) is 5.02 Å². The maximum atomic E-state index is 12.6. The Labute approximate surface area is 130 Å². The van der Waals surface area contributed by atoms with Crippen molar-refractivity contribution in [2.75, 3.05) is 13.1 Å². The van der Waals surface area contributed by atoms with Crippen molar-refractivity contribution >= 4 is 48.5 Å². The average Bonchev–Trinajstić information content (AvgIpc) is 2.93. The number of benzene rings is 1. The molecule has 2 heterocycles. The van der Waals surface area contributed by atoms with E-state index in [0.29, 0.717) is 24.0 Å². The lowest BCUT2D eigenvalue weighted by molar-refractivity contribution is 0.477. The monoisotopic (exact) mass is 374 g/mol. The van der Waals surface area contributed by atoms with Crippen LogP contribution < -0.4 is 0 Å². The predicted molar refractivity (Wildman–Crippen MR) is 82.4 cm³/mol. The standard InChI is InChI=1S/C13H12BrClN2O2S/c14-9-3-4-10-11(7-9)16-8-12(13(10)15)20(18,19)17-5-1-2-6-17/h3-4,7-8H,1-2,5-6H2. The van der Waals surface area contributed by atoms with Crippen molar-refractivity contribution < 1.29 is 8.42 Å². The Kier molecular flexibility index (Phi) is 3.75. The van der Waals surface area contributed by atoms with Gasteiger partial charge < -0.3 is 0 Å². The van der Waals surface area contributed by atoms with Gasteiger partial charge in [0.2, 0.25) is 10.0 Å². The van der Waals surface area contributed by atoms with Crippen molar-refractivity contribution in [2.45, 2.75) is 17.7 Å². The third-order valence-corrected chi connectivity index (χ3v) is 6.34. The van der Waals surface area contributed by atoms with E-state index in [4.69, 9.17) is 11.6 Å². The van der Waals surface area contributed by atoms with Gasteiger partial charge in [-0.2, -0.15) is 4.31 Å². The van der Waals surface area contributed by atoms with E-state index in [0.717, 1.165) is 17.3 Å². The molecule has 20 heavy (non-hydrogen) atoms. The summed E-state index contributed by atoms with van der Waals surface area (Å²) in [5.74, 6) is 0. The summed E-state index contributed by atoms with van der Waals surface area (Å²) in [7, 11) is -3.54. The fourth-order valence-electron chi connectivity index (χ4n) is 2.36. The van der Waals surface area contributed by atoms with E-state index in [9.17, 15) is 8.42 Å². The van der Waals surface area contributed by atoms with E-state index in [1.165, 1.54) is 10.5 Å². The molecule has 0 spiro atoms. The fraction of sp³-hybridized carbons (Fsp3) is 0.308. The van der Waals surface area contributed by atoms with Crippen LogP contribution in [0, 0.1) is 0 Å². The highest BCUT2D eigenvalue weighted by atomic mass is 79.9. The van der Waals surface area contributed by atoms with Crippen molar-refractivity contribution in [2.24, 2.45) is 0 Å². The number of rotatable bonds is 2. The number of halogens is 2. The number of pyridine rings is 1. The predicted octanol–water partition coefficient (Wildman–Crippen LogP) is 3.44. The molecule has 0 amide bonds. The largest absolute Gasteiger partial charge is 0.255 e. The summed E-state index contributed by atoms with van der Waals surface area (Å²) >= 11 is 9.66. The molecular weight excluding hydrogens is 364 g/mol. The molecule has 0 atom stereocenters. The first-order valence-corrected chi connectivity index (χ1v) is 8.85. The van der Waals surface area contributed by atoms with Crippen LogP contribution >= 0.6 is 27.5 Å². The minimum Gasteiger partial charge on any atom is -0.255 e. The second-order valence-corrected chi connectivity index (χ2v) is 7.91. The Bertz CT molecular complexity index is 773. The van der Waals surface area contributed by atoms with Crippen LogP contribution in [-0.4, -0.2) is 30.8 Å². The van der Waals surface area contributed by atoms with Gasteiger partial charge in [-0.3, -0.25) is 4.98 Å². The van der Waals surface area contributed by atoms with Crippen molar-refractivity contribution in [3.8, 4) is 0 Å². The lowest BCUT2D eigenvalue weighted by Gasteiger charge is -2.16. The van der Waals surface area contributed by atoms with E-state index in [1.54, 1.807) is 6.07 Å². The van der Waals surface area contributed by atoms with Gasteiger partial charge in [0.15, 0.2) is 0 Å². The summed E-state index contributed by atoms with van der Waals surface area (Å²) < 4.78 is 27.5. The minimum atomic E-state index is -3.54. The molecule has 4 nitrogen and oxygen atoms in total. The van der Waals surface area contributed by atoms with Gasteiger partial charge >= 0.3 is 0 Å². The van der Waals surface area contributed by atoms with Crippen LogP contribution in [0.25, 0.3) is 10.9 Å². The molecule has 1 saturated heterocycles. The number of nitrogens with zero attached hydrogens (tertiary/aromatic N) is 2. The van der Waals surface area contributed by atoms with Crippen LogP contribution in [0.5, 0.6) is 0 Å². The fourth-order valence-corrected chi connectivity index (χ4v) is 4.75. The summed E-state index contributed by atoms with van der Waals surface area (Å²) in [6.45, 7) is 1.11. The normalized spacial score (nSPS) is 16.9. The average molecular weight is 376 g/mol. The number of sulfonamides is 1. The summed E-state index contributed by atoms with van der Waals surface area (Å²) in [5, 5.41) is 0.893. The molecule has 0 unspecified atom stereocenters. The molecule has 0 N–H and O–H groups in total. The van der Waals surface area contributed by atoms with Gasteiger partial charge in [0.05, 0.1) is 10.5 Å². The molecule has 2 aromatic rings. The highest BCUT2D eigenvalue weighted by molar-refractivity contribution is 9.10. The van der Waals surface area contributed by atoms with E-state index in [2.05, 4.69) is 20.9 Å². The molecule has 0 bridgehead atoms. The zero-order valence-corrected chi connectivity index (χ0v) is 13.7. The van der Waals surface area contributed by atoms with Gasteiger partial charge in [-0.25, -0.2) is 8.42 Å². The second kappa shape index (κ2) is 5.26. The van der Waals surface area contributed by atoms with Gasteiger partial charge in [-0.1, -0.05) is 33.6 Å². The van der Waals surface area contributed by atoms with Gasteiger partial charge in [0.1, 0.15) is 4.90 Å². The lowest BCUT2D eigenvalue weighted by Crippen LogP contribution is -2.28. The summed E-state index contributed by atoms with van der Waals surface area (Å²) in [6.07, 6.45) is 3.14. The Hall–Kier alpha value is -0.690. The molecular formula is C13H12BrClN2O2S. The maximum absolute atomic E-state index is 12.6. The smallest absolute Gasteiger partial charge is 0.246 e. The van der Waals surface area contributed by atoms with E-state index in [-0.39, 0.29) is 9.92 Å². The Morgan fingerprint density at radius 2 is 1.95 bits per heavy atom. The molecule has 1 aliphatic heterocycles. The zero-order chi connectivity index (χ0) is 14.3. The van der Waals surface area contributed by atoms with E-state index in [1.807, 2.05) is 12.1 Å². The molecule has 0 radical (unpaired) electrons. The molecule has 3 rings (SSSR count). The van der Waals surface area contributed by atoms with E-state index < -0.39 is 10.0 Å². The van der Waals surface area contributed by atoms with Crippen LogP contribution in [-0.2, 0) is 10.0 Å². The van der Waals surface area contributed by atoms with Gasteiger partial charge in [0, 0.05) is 29.1 Å². The topological polar surface area (TPSA) is 50.3 Å². The summed E-state index contributed by atoms with van der Waals surface area (Å²) in [4.78, 5) is 4.31. The van der Waals surface area contributed by atoms with Crippen LogP contribution in [0.1, 0.15) is 12.8 Å². The van der Waals surface area contributed by atoms with Gasteiger partial charge in [-0.15, -0.1) is 0 Å². The molecule has 1 fully saturated rings. The quantitative estimate of drug-likeness (QED) is 0.808. The highest BCUT2D eigenvalue weighted by Gasteiger charge is 2.30. The van der Waals surface area contributed by atoms with E-state index >= 15 is 0 Å². The van der Waals surface area contributed by atoms with Crippen molar-refractivity contribution in [3.05, 3.63) is 33.9 Å². The molecule has 0 saturated carbocycles.